The molecule has 2 aromatic carbocycles. The maximum atomic E-state index is 10.3. The minimum Gasteiger partial charge on any atom is -0.462 e. The summed E-state index contributed by atoms with van der Waals surface area (Å²) in [6.45, 7) is 2.94. The number of aromatic nitrogens is 2. The molecule has 2 fully saturated rings. The Hall–Kier alpha value is -2.99. The van der Waals surface area contributed by atoms with Gasteiger partial charge >= 0.3 is 0 Å². The summed E-state index contributed by atoms with van der Waals surface area (Å²) in [7, 11) is 0. The largest absolute Gasteiger partial charge is 0.462 e. The highest BCUT2D eigenvalue weighted by molar-refractivity contribution is 5.60. The van der Waals surface area contributed by atoms with Gasteiger partial charge in [0.15, 0.2) is 0 Å². The zero-order chi connectivity index (χ0) is 20.3. The van der Waals surface area contributed by atoms with Crippen LogP contribution in [-0.2, 0) is 16.1 Å². The van der Waals surface area contributed by atoms with Crippen molar-refractivity contribution in [3.05, 3.63) is 59.7 Å². The first-order chi connectivity index (χ1) is 14.8. The SMILES string of the molecule is O=COC1CN(Cc2ccc(-c3noc(-c4ccc(C5CCCC5)cc4)n3)cc2)C1. The van der Waals surface area contributed by atoms with E-state index in [-0.39, 0.29) is 6.10 Å². The summed E-state index contributed by atoms with van der Waals surface area (Å²) in [5, 5.41) is 4.16. The van der Waals surface area contributed by atoms with Gasteiger partial charge < -0.3 is 9.26 Å². The van der Waals surface area contributed by atoms with Gasteiger partial charge in [-0.2, -0.15) is 4.98 Å². The Labute approximate surface area is 175 Å². The van der Waals surface area contributed by atoms with E-state index in [2.05, 4.69) is 51.4 Å². The second-order valence-corrected chi connectivity index (χ2v) is 8.27. The monoisotopic (exact) mass is 403 g/mol. The van der Waals surface area contributed by atoms with Gasteiger partial charge in [0, 0.05) is 30.8 Å². The molecule has 1 aliphatic carbocycles. The van der Waals surface area contributed by atoms with Gasteiger partial charge in [-0.15, -0.1) is 0 Å². The van der Waals surface area contributed by atoms with Crippen molar-refractivity contribution in [2.45, 2.75) is 44.2 Å². The minimum atomic E-state index is 0.0340. The normalized spacial score (nSPS) is 17.7. The zero-order valence-electron chi connectivity index (χ0n) is 16.9. The molecule has 0 spiro atoms. The number of carbonyl (C=O) groups is 1. The van der Waals surface area contributed by atoms with Gasteiger partial charge in [-0.25, -0.2) is 0 Å². The Morgan fingerprint density at radius 1 is 1.00 bits per heavy atom. The van der Waals surface area contributed by atoms with E-state index in [1.165, 1.54) is 36.8 Å². The predicted molar refractivity (Wildman–Crippen MR) is 113 cm³/mol. The molecule has 0 N–H and O–H groups in total. The molecule has 1 saturated carbocycles. The fourth-order valence-electron chi connectivity index (χ4n) is 4.45. The maximum Gasteiger partial charge on any atom is 0.293 e. The van der Waals surface area contributed by atoms with Crippen LogP contribution < -0.4 is 0 Å². The molecule has 6 heteroatoms. The van der Waals surface area contributed by atoms with Crippen LogP contribution in [0.25, 0.3) is 22.8 Å². The van der Waals surface area contributed by atoms with Crippen molar-refractivity contribution < 1.29 is 14.1 Å². The van der Waals surface area contributed by atoms with Gasteiger partial charge in [0.1, 0.15) is 6.10 Å². The molecule has 0 bridgehead atoms. The van der Waals surface area contributed by atoms with Gasteiger partial charge in [0.25, 0.3) is 12.4 Å². The van der Waals surface area contributed by atoms with Crippen molar-refractivity contribution >= 4 is 6.47 Å². The third kappa shape index (κ3) is 4.00. The highest BCUT2D eigenvalue weighted by Crippen LogP contribution is 2.35. The summed E-state index contributed by atoms with van der Waals surface area (Å²) < 4.78 is 10.5. The Kier molecular flexibility index (Phi) is 5.32. The average molecular weight is 403 g/mol. The first kappa shape index (κ1) is 19.0. The molecule has 0 amide bonds. The lowest BCUT2D eigenvalue weighted by Gasteiger charge is -2.37. The van der Waals surface area contributed by atoms with Crippen LogP contribution in [-0.4, -0.2) is 40.7 Å². The van der Waals surface area contributed by atoms with Crippen molar-refractivity contribution in [1.29, 1.82) is 0 Å². The predicted octanol–water partition coefficient (Wildman–Crippen LogP) is 4.42. The summed E-state index contributed by atoms with van der Waals surface area (Å²) in [4.78, 5) is 17.2. The van der Waals surface area contributed by atoms with Crippen LogP contribution >= 0.6 is 0 Å². The van der Waals surface area contributed by atoms with Crippen LogP contribution in [0.5, 0.6) is 0 Å². The fourth-order valence-corrected chi connectivity index (χ4v) is 4.45. The third-order valence-corrected chi connectivity index (χ3v) is 6.20. The van der Waals surface area contributed by atoms with E-state index < -0.39 is 0 Å². The van der Waals surface area contributed by atoms with E-state index in [0.717, 1.165) is 30.8 Å². The Morgan fingerprint density at radius 3 is 2.40 bits per heavy atom. The molecule has 0 unspecified atom stereocenters. The number of hydrogen-bond donors (Lipinski definition) is 0. The van der Waals surface area contributed by atoms with E-state index in [9.17, 15) is 4.79 Å². The molecule has 5 rings (SSSR count). The molecule has 0 atom stereocenters. The number of benzene rings is 2. The summed E-state index contributed by atoms with van der Waals surface area (Å²) in [6.07, 6.45) is 5.30. The summed E-state index contributed by atoms with van der Waals surface area (Å²) in [6, 6.07) is 16.8. The van der Waals surface area contributed by atoms with Crippen LogP contribution in [0.15, 0.2) is 53.1 Å². The summed E-state index contributed by atoms with van der Waals surface area (Å²) in [5.74, 6) is 1.85. The molecule has 1 saturated heterocycles. The van der Waals surface area contributed by atoms with Crippen molar-refractivity contribution in [3.8, 4) is 22.8 Å². The van der Waals surface area contributed by atoms with Crippen LogP contribution in [0.2, 0.25) is 0 Å². The van der Waals surface area contributed by atoms with Gasteiger partial charge in [0.2, 0.25) is 5.82 Å². The third-order valence-electron chi connectivity index (χ3n) is 6.20. The van der Waals surface area contributed by atoms with Gasteiger partial charge in [0.05, 0.1) is 0 Å². The maximum absolute atomic E-state index is 10.3. The lowest BCUT2D eigenvalue weighted by atomic mass is 9.97. The Balaban J connectivity index is 1.22. The number of likely N-dealkylation sites (tertiary alicyclic amines) is 1. The van der Waals surface area contributed by atoms with Gasteiger partial charge in [-0.3, -0.25) is 9.69 Å². The average Bonchev–Trinajstić information content (AvgIpc) is 3.45. The number of carbonyl (C=O) groups excluding carboxylic acids is 1. The van der Waals surface area contributed by atoms with Crippen molar-refractivity contribution in [2.75, 3.05) is 13.1 Å². The van der Waals surface area contributed by atoms with E-state index in [4.69, 9.17) is 9.26 Å². The van der Waals surface area contributed by atoms with E-state index in [1.54, 1.807) is 0 Å². The van der Waals surface area contributed by atoms with Crippen molar-refractivity contribution in [1.82, 2.24) is 15.0 Å². The Bertz CT molecular complexity index is 985. The fraction of sp³-hybridized carbons (Fsp3) is 0.375. The molecule has 1 aliphatic heterocycles. The van der Waals surface area contributed by atoms with Crippen LogP contribution in [0.1, 0.15) is 42.7 Å². The molecule has 30 heavy (non-hydrogen) atoms. The quantitative estimate of drug-likeness (QED) is 0.544. The molecule has 2 heterocycles. The van der Waals surface area contributed by atoms with Gasteiger partial charge in [-0.1, -0.05) is 54.4 Å². The van der Waals surface area contributed by atoms with Crippen LogP contribution in [0.3, 0.4) is 0 Å². The van der Waals surface area contributed by atoms with Crippen molar-refractivity contribution in [3.63, 3.8) is 0 Å². The van der Waals surface area contributed by atoms with E-state index in [0.29, 0.717) is 24.1 Å². The lowest BCUT2D eigenvalue weighted by molar-refractivity contribution is -0.142. The highest BCUT2D eigenvalue weighted by atomic mass is 16.5. The molecule has 1 aromatic heterocycles. The number of nitrogens with zero attached hydrogens (tertiary/aromatic N) is 3. The topological polar surface area (TPSA) is 68.5 Å². The van der Waals surface area contributed by atoms with Crippen molar-refractivity contribution in [2.24, 2.45) is 0 Å². The first-order valence-corrected chi connectivity index (χ1v) is 10.6. The van der Waals surface area contributed by atoms with Crippen LogP contribution in [0.4, 0.5) is 0 Å². The molecule has 154 valence electrons. The first-order valence-electron chi connectivity index (χ1n) is 10.6. The van der Waals surface area contributed by atoms with E-state index in [1.807, 2.05) is 12.1 Å². The number of ether oxygens (including phenoxy) is 1. The Morgan fingerprint density at radius 2 is 1.70 bits per heavy atom. The second-order valence-electron chi connectivity index (χ2n) is 8.27. The standard InChI is InChI=1S/C24H25N3O3/c28-16-29-22-14-27(15-22)13-17-5-7-20(8-6-17)23-25-24(30-26-23)21-11-9-19(10-12-21)18-3-1-2-4-18/h5-12,16,18,22H,1-4,13-15H2. The molecular formula is C24H25N3O3. The number of hydrogen-bond acceptors (Lipinski definition) is 6. The second kappa shape index (κ2) is 8.40. The zero-order valence-corrected chi connectivity index (χ0v) is 16.9. The molecular weight excluding hydrogens is 378 g/mol. The highest BCUT2D eigenvalue weighted by Gasteiger charge is 2.27. The van der Waals surface area contributed by atoms with Crippen LogP contribution in [0, 0.1) is 0 Å². The molecule has 3 aromatic rings. The smallest absolute Gasteiger partial charge is 0.293 e. The lowest BCUT2D eigenvalue weighted by Crippen LogP contribution is -2.51. The molecule has 6 nitrogen and oxygen atoms in total. The molecule has 0 radical (unpaired) electrons. The number of rotatable bonds is 7. The van der Waals surface area contributed by atoms with Gasteiger partial charge in [-0.05, 0) is 42.0 Å². The minimum absolute atomic E-state index is 0.0340. The molecule has 2 aliphatic rings. The summed E-state index contributed by atoms with van der Waals surface area (Å²) in [5.41, 5.74) is 4.51. The van der Waals surface area contributed by atoms with E-state index >= 15 is 0 Å². The summed E-state index contributed by atoms with van der Waals surface area (Å²) >= 11 is 0.